The quantitative estimate of drug-likeness (QED) is 0.942. The van der Waals surface area contributed by atoms with Crippen molar-refractivity contribution in [2.45, 2.75) is 44.6 Å². The van der Waals surface area contributed by atoms with Gasteiger partial charge in [0.25, 0.3) is 0 Å². The molecule has 1 aliphatic carbocycles. The molecule has 4 nitrogen and oxygen atoms in total. The second-order valence-electron chi connectivity index (χ2n) is 6.87. The van der Waals surface area contributed by atoms with E-state index in [1.54, 1.807) is 7.11 Å². The number of ether oxygens (including phenoxy) is 1. The van der Waals surface area contributed by atoms with Gasteiger partial charge in [-0.15, -0.1) is 0 Å². The second kappa shape index (κ2) is 6.36. The Hall–Kier alpha value is -1.81. The molecule has 1 fully saturated rings. The Bertz CT molecular complexity index is 666. The smallest absolute Gasteiger partial charge is 0.123 e. The van der Waals surface area contributed by atoms with E-state index in [9.17, 15) is 0 Å². The molecule has 1 atom stereocenters. The van der Waals surface area contributed by atoms with Crippen molar-refractivity contribution in [2.75, 3.05) is 20.2 Å². The van der Waals surface area contributed by atoms with Crippen LogP contribution >= 0.6 is 0 Å². The Morgan fingerprint density at radius 3 is 2.91 bits per heavy atom. The van der Waals surface area contributed by atoms with E-state index in [2.05, 4.69) is 33.3 Å². The molecule has 1 aromatic heterocycles. The topological polar surface area (TPSA) is 41.1 Å². The minimum absolute atomic E-state index is 0.576. The van der Waals surface area contributed by atoms with Crippen molar-refractivity contribution in [2.24, 2.45) is 0 Å². The third kappa shape index (κ3) is 3.00. The fraction of sp³-hybridized carbons (Fsp3) is 0.526. The zero-order valence-electron chi connectivity index (χ0n) is 13.8. The maximum atomic E-state index is 5.67. The molecule has 4 rings (SSSR count). The number of rotatable bonds is 4. The Morgan fingerprint density at radius 2 is 2.13 bits per heavy atom. The molecule has 2 heterocycles. The summed E-state index contributed by atoms with van der Waals surface area (Å²) >= 11 is 0. The first kappa shape index (κ1) is 14.8. The van der Waals surface area contributed by atoms with Crippen LogP contribution in [0.4, 0.5) is 0 Å². The molecule has 23 heavy (non-hydrogen) atoms. The number of nitrogens with zero attached hydrogens (tertiary/aromatic N) is 2. The maximum absolute atomic E-state index is 5.67. The van der Waals surface area contributed by atoms with Gasteiger partial charge in [0.2, 0.25) is 0 Å². The Morgan fingerprint density at radius 1 is 1.26 bits per heavy atom. The minimum Gasteiger partial charge on any atom is -0.496 e. The van der Waals surface area contributed by atoms with Gasteiger partial charge in [0, 0.05) is 36.5 Å². The monoisotopic (exact) mass is 311 g/mol. The van der Waals surface area contributed by atoms with E-state index in [0.717, 1.165) is 18.8 Å². The van der Waals surface area contributed by atoms with Crippen molar-refractivity contribution in [1.82, 2.24) is 15.1 Å². The number of aryl methyl sites for hydroxylation is 2. The summed E-state index contributed by atoms with van der Waals surface area (Å²) in [4.78, 5) is 2.56. The van der Waals surface area contributed by atoms with Gasteiger partial charge in [0.15, 0.2) is 0 Å². The average Bonchev–Trinajstić information content (AvgIpc) is 3.25. The number of H-pyrrole nitrogens is 1. The highest BCUT2D eigenvalue weighted by Gasteiger charge is 2.24. The molecular formula is C19H25N3O. The highest BCUT2D eigenvalue weighted by atomic mass is 16.5. The lowest BCUT2D eigenvalue weighted by molar-refractivity contribution is 0.196. The Kier molecular flexibility index (Phi) is 4.08. The van der Waals surface area contributed by atoms with Crippen LogP contribution in [0, 0.1) is 0 Å². The number of aromatic nitrogens is 2. The number of fused-ring (bicyclic) bond motifs is 1. The highest BCUT2D eigenvalue weighted by Crippen LogP contribution is 2.32. The molecule has 2 aromatic rings. The van der Waals surface area contributed by atoms with Gasteiger partial charge < -0.3 is 4.74 Å². The van der Waals surface area contributed by atoms with E-state index >= 15 is 0 Å². The second-order valence-corrected chi connectivity index (χ2v) is 6.87. The summed E-state index contributed by atoms with van der Waals surface area (Å²) < 4.78 is 5.67. The Labute approximate surface area is 137 Å². The van der Waals surface area contributed by atoms with Crippen LogP contribution in [0.3, 0.4) is 0 Å². The molecule has 1 aliphatic heterocycles. The van der Waals surface area contributed by atoms with Crippen LogP contribution in [0.5, 0.6) is 5.75 Å². The summed E-state index contributed by atoms with van der Waals surface area (Å²) in [5.74, 6) is 1.64. The molecule has 4 heteroatoms. The predicted octanol–water partition coefficient (Wildman–Crippen LogP) is 3.29. The summed E-state index contributed by atoms with van der Waals surface area (Å²) in [7, 11) is 1.80. The normalized spacial score (nSPS) is 21.3. The molecule has 1 saturated heterocycles. The minimum atomic E-state index is 0.576. The van der Waals surface area contributed by atoms with Crippen molar-refractivity contribution < 1.29 is 4.74 Å². The largest absolute Gasteiger partial charge is 0.496 e. The molecule has 1 aromatic carbocycles. The van der Waals surface area contributed by atoms with Crippen LogP contribution in [-0.4, -0.2) is 35.3 Å². The van der Waals surface area contributed by atoms with E-state index in [1.807, 2.05) is 6.20 Å². The summed E-state index contributed by atoms with van der Waals surface area (Å²) in [5, 5.41) is 7.26. The van der Waals surface area contributed by atoms with E-state index in [1.165, 1.54) is 61.0 Å². The summed E-state index contributed by atoms with van der Waals surface area (Å²) in [5.41, 5.74) is 5.64. The van der Waals surface area contributed by atoms with E-state index in [-0.39, 0.29) is 0 Å². The van der Waals surface area contributed by atoms with Crippen molar-refractivity contribution in [3.8, 4) is 5.75 Å². The lowest BCUT2D eigenvalue weighted by atomic mass is 9.94. The standard InChI is InChI=1S/C19H25N3O/c1-23-19-11-15-5-2-4-14(15)10-17(19)13-22-9-3-6-16(12-22)18-7-8-20-21-18/h7-8,10-11,16H,2-6,9,12-13H2,1H3,(H,20,21). The zero-order chi connectivity index (χ0) is 15.6. The SMILES string of the molecule is COc1cc2c(cc1CN1CCCC(c3ccn[nH]3)C1)CCC2. The van der Waals surface area contributed by atoms with E-state index in [0.29, 0.717) is 5.92 Å². The first-order valence-electron chi connectivity index (χ1n) is 8.74. The molecule has 1 unspecified atom stereocenters. The molecule has 1 N–H and O–H groups in total. The molecule has 2 aliphatic rings. The molecule has 0 saturated carbocycles. The fourth-order valence-electron chi connectivity index (χ4n) is 4.15. The summed E-state index contributed by atoms with van der Waals surface area (Å²) in [6.07, 6.45) is 8.07. The Balaban J connectivity index is 1.51. The summed E-state index contributed by atoms with van der Waals surface area (Å²) in [6, 6.07) is 6.78. The van der Waals surface area contributed by atoms with Crippen molar-refractivity contribution in [3.63, 3.8) is 0 Å². The predicted molar refractivity (Wildman–Crippen MR) is 90.9 cm³/mol. The summed E-state index contributed by atoms with van der Waals surface area (Å²) in [6.45, 7) is 3.26. The number of nitrogens with one attached hydrogen (secondary N) is 1. The van der Waals surface area contributed by atoms with Crippen molar-refractivity contribution in [1.29, 1.82) is 0 Å². The molecule has 0 radical (unpaired) electrons. The third-order valence-corrected chi connectivity index (χ3v) is 5.36. The van der Waals surface area contributed by atoms with Crippen LogP contribution in [0.2, 0.25) is 0 Å². The number of methoxy groups -OCH3 is 1. The molecular weight excluding hydrogens is 286 g/mol. The van der Waals surface area contributed by atoms with Crippen molar-refractivity contribution >= 4 is 0 Å². The van der Waals surface area contributed by atoms with Crippen LogP contribution in [-0.2, 0) is 19.4 Å². The van der Waals surface area contributed by atoms with Crippen LogP contribution in [0.25, 0.3) is 0 Å². The van der Waals surface area contributed by atoms with Crippen molar-refractivity contribution in [3.05, 3.63) is 46.8 Å². The molecule has 0 spiro atoms. The van der Waals surface area contributed by atoms with E-state index in [4.69, 9.17) is 4.74 Å². The third-order valence-electron chi connectivity index (χ3n) is 5.36. The number of piperidine rings is 1. The first-order chi connectivity index (χ1) is 11.3. The van der Waals surface area contributed by atoms with E-state index < -0.39 is 0 Å². The molecule has 122 valence electrons. The fourth-order valence-corrected chi connectivity index (χ4v) is 4.15. The van der Waals surface area contributed by atoms with Crippen LogP contribution in [0.15, 0.2) is 24.4 Å². The van der Waals surface area contributed by atoms with Gasteiger partial charge in [-0.1, -0.05) is 6.07 Å². The van der Waals surface area contributed by atoms with Gasteiger partial charge in [-0.3, -0.25) is 10.00 Å². The van der Waals surface area contributed by atoms with Crippen LogP contribution < -0.4 is 4.74 Å². The first-order valence-corrected chi connectivity index (χ1v) is 8.74. The number of likely N-dealkylation sites (tertiary alicyclic amines) is 1. The lowest BCUT2D eigenvalue weighted by Gasteiger charge is -2.32. The van der Waals surface area contributed by atoms with Gasteiger partial charge in [-0.25, -0.2) is 0 Å². The van der Waals surface area contributed by atoms with Gasteiger partial charge in [0.05, 0.1) is 7.11 Å². The van der Waals surface area contributed by atoms with Gasteiger partial charge in [-0.05, 0) is 61.9 Å². The lowest BCUT2D eigenvalue weighted by Crippen LogP contribution is -2.34. The molecule has 0 amide bonds. The number of aromatic amines is 1. The molecule has 0 bridgehead atoms. The number of hydrogen-bond acceptors (Lipinski definition) is 3. The number of hydrogen-bond donors (Lipinski definition) is 1. The maximum Gasteiger partial charge on any atom is 0.123 e. The van der Waals surface area contributed by atoms with Gasteiger partial charge in [0.1, 0.15) is 5.75 Å². The van der Waals surface area contributed by atoms with Gasteiger partial charge in [-0.2, -0.15) is 5.10 Å². The number of benzene rings is 1. The van der Waals surface area contributed by atoms with Crippen LogP contribution in [0.1, 0.15) is 47.6 Å². The van der Waals surface area contributed by atoms with Gasteiger partial charge >= 0.3 is 0 Å². The zero-order valence-corrected chi connectivity index (χ0v) is 13.8. The average molecular weight is 311 g/mol. The highest BCUT2D eigenvalue weighted by molar-refractivity contribution is 5.44.